The maximum Gasteiger partial charge on any atom is 0.171 e. The van der Waals surface area contributed by atoms with E-state index in [-0.39, 0.29) is 6.04 Å². The Bertz CT molecular complexity index is 367. The van der Waals surface area contributed by atoms with Crippen molar-refractivity contribution in [2.75, 3.05) is 18.6 Å². The van der Waals surface area contributed by atoms with E-state index in [0.29, 0.717) is 6.04 Å². The predicted molar refractivity (Wildman–Crippen MR) is 69.4 cm³/mol. The standard InChI is InChI=1S/C13H21N3O/c1-10(14)11-6-3-4-9-16(11)13-12(17-2)7-5-8-15-13/h5,7-8,10-11H,3-4,6,9,14H2,1-2H3. The molecule has 0 bridgehead atoms. The Balaban J connectivity index is 2.29. The summed E-state index contributed by atoms with van der Waals surface area (Å²) in [6.45, 7) is 3.08. The van der Waals surface area contributed by atoms with E-state index < -0.39 is 0 Å². The molecule has 94 valence electrons. The van der Waals surface area contributed by atoms with Crippen molar-refractivity contribution in [1.82, 2.24) is 4.98 Å². The fourth-order valence-electron chi connectivity index (χ4n) is 2.52. The van der Waals surface area contributed by atoms with Gasteiger partial charge in [-0.2, -0.15) is 0 Å². The number of pyridine rings is 1. The van der Waals surface area contributed by atoms with E-state index in [0.717, 1.165) is 24.5 Å². The minimum absolute atomic E-state index is 0.155. The summed E-state index contributed by atoms with van der Waals surface area (Å²) >= 11 is 0. The van der Waals surface area contributed by atoms with E-state index in [1.165, 1.54) is 12.8 Å². The Kier molecular flexibility index (Phi) is 3.84. The first kappa shape index (κ1) is 12.2. The molecule has 0 radical (unpaired) electrons. The number of piperidine rings is 1. The van der Waals surface area contributed by atoms with Crippen LogP contribution in [0.4, 0.5) is 5.82 Å². The molecule has 1 saturated heterocycles. The zero-order chi connectivity index (χ0) is 12.3. The van der Waals surface area contributed by atoms with Gasteiger partial charge in [0.25, 0.3) is 0 Å². The zero-order valence-electron chi connectivity index (χ0n) is 10.6. The molecule has 2 atom stereocenters. The Morgan fingerprint density at radius 1 is 1.53 bits per heavy atom. The van der Waals surface area contributed by atoms with Gasteiger partial charge < -0.3 is 15.4 Å². The van der Waals surface area contributed by atoms with Crippen LogP contribution in [0.5, 0.6) is 5.75 Å². The molecule has 1 aromatic rings. The summed E-state index contributed by atoms with van der Waals surface area (Å²) in [6.07, 6.45) is 5.39. The smallest absolute Gasteiger partial charge is 0.171 e. The average molecular weight is 235 g/mol. The Hall–Kier alpha value is -1.29. The quantitative estimate of drug-likeness (QED) is 0.868. The van der Waals surface area contributed by atoms with Crippen molar-refractivity contribution in [1.29, 1.82) is 0 Å². The Labute approximate surface area is 103 Å². The lowest BCUT2D eigenvalue weighted by Gasteiger charge is -2.39. The highest BCUT2D eigenvalue weighted by molar-refractivity contribution is 5.53. The van der Waals surface area contributed by atoms with Crippen LogP contribution in [0.3, 0.4) is 0 Å². The lowest BCUT2D eigenvalue weighted by Crippen LogP contribution is -2.49. The van der Waals surface area contributed by atoms with Gasteiger partial charge in [0.15, 0.2) is 11.6 Å². The molecule has 0 aromatic carbocycles. The molecule has 2 N–H and O–H groups in total. The van der Waals surface area contributed by atoms with Crippen molar-refractivity contribution in [2.45, 2.75) is 38.3 Å². The number of ether oxygens (including phenoxy) is 1. The predicted octanol–water partition coefficient (Wildman–Crippen LogP) is 1.80. The first-order chi connectivity index (χ1) is 8.24. The largest absolute Gasteiger partial charge is 0.493 e. The number of hydrogen-bond acceptors (Lipinski definition) is 4. The molecule has 0 saturated carbocycles. The first-order valence-electron chi connectivity index (χ1n) is 6.25. The van der Waals surface area contributed by atoms with Gasteiger partial charge in [0.1, 0.15) is 0 Å². The molecule has 0 aliphatic carbocycles. The van der Waals surface area contributed by atoms with Gasteiger partial charge in [0, 0.05) is 24.8 Å². The highest BCUT2D eigenvalue weighted by Crippen LogP contribution is 2.31. The van der Waals surface area contributed by atoms with E-state index in [1.807, 2.05) is 18.3 Å². The Morgan fingerprint density at radius 3 is 3.06 bits per heavy atom. The third kappa shape index (κ3) is 2.52. The molecule has 4 nitrogen and oxygen atoms in total. The van der Waals surface area contributed by atoms with E-state index >= 15 is 0 Å². The van der Waals surface area contributed by atoms with Gasteiger partial charge >= 0.3 is 0 Å². The topological polar surface area (TPSA) is 51.4 Å². The van der Waals surface area contributed by atoms with Gasteiger partial charge in [-0.05, 0) is 38.3 Å². The molecular formula is C13H21N3O. The van der Waals surface area contributed by atoms with Gasteiger partial charge in [0.2, 0.25) is 0 Å². The molecule has 1 aliphatic heterocycles. The second-order valence-electron chi connectivity index (χ2n) is 4.64. The van der Waals surface area contributed by atoms with Crippen LogP contribution < -0.4 is 15.4 Å². The third-order valence-corrected chi connectivity index (χ3v) is 3.40. The molecule has 4 heteroatoms. The monoisotopic (exact) mass is 235 g/mol. The van der Waals surface area contributed by atoms with Gasteiger partial charge in [-0.3, -0.25) is 0 Å². The first-order valence-corrected chi connectivity index (χ1v) is 6.25. The molecule has 2 heterocycles. The molecular weight excluding hydrogens is 214 g/mol. The highest BCUT2D eigenvalue weighted by atomic mass is 16.5. The Morgan fingerprint density at radius 2 is 2.35 bits per heavy atom. The van der Waals surface area contributed by atoms with Gasteiger partial charge in [-0.1, -0.05) is 0 Å². The van der Waals surface area contributed by atoms with Gasteiger partial charge in [-0.15, -0.1) is 0 Å². The van der Waals surface area contributed by atoms with Crippen molar-refractivity contribution in [3.8, 4) is 5.75 Å². The fourth-order valence-corrected chi connectivity index (χ4v) is 2.52. The van der Waals surface area contributed by atoms with Crippen LogP contribution in [-0.4, -0.2) is 30.7 Å². The summed E-state index contributed by atoms with van der Waals surface area (Å²) in [6, 6.07) is 4.37. The van der Waals surface area contributed by atoms with Gasteiger partial charge in [0.05, 0.1) is 7.11 Å². The van der Waals surface area contributed by atoms with Crippen molar-refractivity contribution in [2.24, 2.45) is 5.73 Å². The molecule has 1 aliphatic rings. The van der Waals surface area contributed by atoms with Gasteiger partial charge in [-0.25, -0.2) is 4.98 Å². The number of rotatable bonds is 3. The summed E-state index contributed by atoms with van der Waals surface area (Å²) in [7, 11) is 1.69. The summed E-state index contributed by atoms with van der Waals surface area (Å²) in [5.41, 5.74) is 6.08. The fraction of sp³-hybridized carbons (Fsp3) is 0.615. The van der Waals surface area contributed by atoms with Crippen LogP contribution in [0.1, 0.15) is 26.2 Å². The van der Waals surface area contributed by atoms with E-state index in [1.54, 1.807) is 7.11 Å². The lowest BCUT2D eigenvalue weighted by atomic mass is 9.97. The van der Waals surface area contributed by atoms with Crippen molar-refractivity contribution in [3.05, 3.63) is 18.3 Å². The second kappa shape index (κ2) is 5.36. The minimum atomic E-state index is 0.155. The number of methoxy groups -OCH3 is 1. The molecule has 2 unspecified atom stereocenters. The lowest BCUT2D eigenvalue weighted by molar-refractivity contribution is 0.387. The number of nitrogens with two attached hydrogens (primary N) is 1. The maximum atomic E-state index is 6.08. The SMILES string of the molecule is COc1cccnc1N1CCCCC1C(C)N. The number of nitrogens with zero attached hydrogens (tertiary/aromatic N) is 2. The van der Waals surface area contributed by atoms with E-state index in [9.17, 15) is 0 Å². The number of aromatic nitrogens is 1. The van der Waals surface area contributed by atoms with E-state index in [2.05, 4.69) is 16.8 Å². The van der Waals surface area contributed by atoms with Crippen LogP contribution in [0.25, 0.3) is 0 Å². The summed E-state index contributed by atoms with van der Waals surface area (Å²) in [5, 5.41) is 0. The average Bonchev–Trinajstić information content (AvgIpc) is 2.38. The van der Waals surface area contributed by atoms with Crippen molar-refractivity contribution in [3.63, 3.8) is 0 Å². The van der Waals surface area contributed by atoms with Crippen LogP contribution in [0.2, 0.25) is 0 Å². The molecule has 2 rings (SSSR count). The highest BCUT2D eigenvalue weighted by Gasteiger charge is 2.28. The molecule has 0 spiro atoms. The number of anilines is 1. The van der Waals surface area contributed by atoms with Crippen LogP contribution in [-0.2, 0) is 0 Å². The van der Waals surface area contributed by atoms with Crippen LogP contribution in [0, 0.1) is 0 Å². The third-order valence-electron chi connectivity index (χ3n) is 3.40. The second-order valence-corrected chi connectivity index (χ2v) is 4.64. The zero-order valence-corrected chi connectivity index (χ0v) is 10.6. The molecule has 0 amide bonds. The summed E-state index contributed by atoms with van der Waals surface area (Å²) in [4.78, 5) is 6.75. The summed E-state index contributed by atoms with van der Waals surface area (Å²) in [5.74, 6) is 1.76. The normalized spacial score (nSPS) is 22.3. The summed E-state index contributed by atoms with van der Waals surface area (Å²) < 4.78 is 5.38. The van der Waals surface area contributed by atoms with Crippen molar-refractivity contribution < 1.29 is 4.74 Å². The van der Waals surface area contributed by atoms with Crippen molar-refractivity contribution >= 4 is 5.82 Å². The maximum absolute atomic E-state index is 6.08. The molecule has 1 aromatic heterocycles. The van der Waals surface area contributed by atoms with Crippen LogP contribution in [0.15, 0.2) is 18.3 Å². The van der Waals surface area contributed by atoms with Crippen LogP contribution >= 0.6 is 0 Å². The van der Waals surface area contributed by atoms with E-state index in [4.69, 9.17) is 10.5 Å². The number of hydrogen-bond donors (Lipinski definition) is 1. The molecule has 17 heavy (non-hydrogen) atoms. The molecule has 1 fully saturated rings. The minimum Gasteiger partial charge on any atom is -0.493 e.